The van der Waals surface area contributed by atoms with Crippen molar-refractivity contribution in [3.05, 3.63) is 9.66 Å². The molecular weight excluding hydrogens is 225 g/mol. The monoisotopic (exact) mass is 233 g/mol. The Balaban J connectivity index is 2.65. The van der Waals surface area contributed by atoms with E-state index in [0.717, 1.165) is 12.8 Å². The highest BCUT2D eigenvalue weighted by molar-refractivity contribution is 14.1. The molecular formula is C7H8IN. The number of halogens is 1. The second-order valence-electron chi connectivity index (χ2n) is 2.26. The van der Waals surface area contributed by atoms with E-state index >= 15 is 0 Å². The average Bonchev–Trinajstić information content (AvgIpc) is 2.33. The maximum Gasteiger partial charge on any atom is 0.0700 e. The topological polar surface area (TPSA) is 23.8 Å². The number of hydrogen-bond acceptors (Lipinski definition) is 1. The predicted molar refractivity (Wildman–Crippen MR) is 45.1 cm³/mol. The maximum absolute atomic E-state index is 8.57. The third-order valence-electron chi connectivity index (χ3n) is 1.70. The lowest BCUT2D eigenvalue weighted by Gasteiger charge is -1.96. The minimum Gasteiger partial charge on any atom is -0.198 e. The van der Waals surface area contributed by atoms with Gasteiger partial charge in [-0.15, -0.1) is 0 Å². The first-order valence-corrected chi connectivity index (χ1v) is 4.32. The van der Waals surface area contributed by atoms with E-state index in [1.54, 1.807) is 0 Å². The molecule has 0 aromatic heterocycles. The van der Waals surface area contributed by atoms with E-state index in [2.05, 4.69) is 32.7 Å². The van der Waals surface area contributed by atoms with Gasteiger partial charge in [0.05, 0.1) is 12.0 Å². The zero-order valence-corrected chi connectivity index (χ0v) is 7.26. The number of nitriles is 1. The lowest BCUT2D eigenvalue weighted by Crippen LogP contribution is -1.89. The molecule has 1 aliphatic carbocycles. The third kappa shape index (κ3) is 1.45. The molecule has 0 N–H and O–H groups in total. The van der Waals surface area contributed by atoms with Crippen LogP contribution in [0, 0.1) is 17.2 Å². The molecule has 0 bridgehead atoms. The molecule has 1 nitrogen and oxygen atoms in total. The van der Waals surface area contributed by atoms with E-state index in [9.17, 15) is 0 Å². The van der Waals surface area contributed by atoms with Crippen LogP contribution in [0.25, 0.3) is 0 Å². The zero-order valence-electron chi connectivity index (χ0n) is 5.10. The van der Waals surface area contributed by atoms with Crippen molar-refractivity contribution in [2.45, 2.75) is 19.3 Å². The smallest absolute Gasteiger partial charge is 0.0700 e. The van der Waals surface area contributed by atoms with Crippen LogP contribution in [0.15, 0.2) is 9.66 Å². The maximum atomic E-state index is 8.57. The fourth-order valence-corrected chi connectivity index (χ4v) is 1.89. The van der Waals surface area contributed by atoms with Crippen molar-refractivity contribution in [1.29, 1.82) is 5.26 Å². The zero-order chi connectivity index (χ0) is 6.69. The van der Waals surface area contributed by atoms with Crippen molar-refractivity contribution in [2.24, 2.45) is 5.92 Å². The number of rotatable bonds is 0. The summed E-state index contributed by atoms with van der Waals surface area (Å²) < 4.78 is 2.05. The summed E-state index contributed by atoms with van der Waals surface area (Å²) >= 11 is 2.21. The highest BCUT2D eigenvalue weighted by atomic mass is 127. The van der Waals surface area contributed by atoms with Gasteiger partial charge < -0.3 is 0 Å². The largest absolute Gasteiger partial charge is 0.198 e. The lowest BCUT2D eigenvalue weighted by molar-refractivity contribution is 0.778. The number of nitrogens with zero attached hydrogens (tertiary/aromatic N) is 1. The van der Waals surface area contributed by atoms with Crippen LogP contribution >= 0.6 is 22.6 Å². The van der Waals surface area contributed by atoms with Crippen molar-refractivity contribution < 1.29 is 0 Å². The molecule has 0 aromatic carbocycles. The molecule has 0 saturated heterocycles. The Morgan fingerprint density at radius 2 is 2.56 bits per heavy atom. The molecule has 1 saturated carbocycles. The fraction of sp³-hybridized carbons (Fsp3) is 0.571. The van der Waals surface area contributed by atoms with Gasteiger partial charge in [0.2, 0.25) is 0 Å². The van der Waals surface area contributed by atoms with Crippen molar-refractivity contribution in [2.75, 3.05) is 0 Å². The van der Waals surface area contributed by atoms with Gasteiger partial charge in [-0.25, -0.2) is 0 Å². The van der Waals surface area contributed by atoms with Crippen molar-refractivity contribution in [3.8, 4) is 6.07 Å². The Bertz CT molecular complexity index is 166. The molecule has 1 rings (SSSR count). The fourth-order valence-electron chi connectivity index (χ4n) is 1.15. The van der Waals surface area contributed by atoms with Gasteiger partial charge >= 0.3 is 0 Å². The summed E-state index contributed by atoms with van der Waals surface area (Å²) in [7, 11) is 0. The summed E-state index contributed by atoms with van der Waals surface area (Å²) in [4.78, 5) is 0. The Labute approximate surface area is 68.9 Å². The van der Waals surface area contributed by atoms with E-state index in [1.807, 2.05) is 0 Å². The third-order valence-corrected chi connectivity index (χ3v) is 2.50. The van der Waals surface area contributed by atoms with Crippen LogP contribution in [-0.2, 0) is 0 Å². The standard InChI is InChI=1S/C7H8IN/c8-4-6-2-1-3-7(6)5-9/h4,7H,1-3H2/b6-4-. The number of hydrogen-bond donors (Lipinski definition) is 0. The molecule has 0 heterocycles. The second-order valence-corrected chi connectivity index (χ2v) is 2.88. The SMILES string of the molecule is N#CC1CCC/C1=C/I. The highest BCUT2D eigenvalue weighted by Gasteiger charge is 2.18. The van der Waals surface area contributed by atoms with Crippen LogP contribution in [0.1, 0.15) is 19.3 Å². The first-order chi connectivity index (χ1) is 4.38. The summed E-state index contributed by atoms with van der Waals surface area (Å²) in [6.07, 6.45) is 3.42. The first-order valence-electron chi connectivity index (χ1n) is 3.07. The summed E-state index contributed by atoms with van der Waals surface area (Å²) in [5.74, 6) is 0.238. The molecule has 1 aliphatic rings. The van der Waals surface area contributed by atoms with E-state index in [0.29, 0.717) is 0 Å². The Morgan fingerprint density at radius 1 is 1.78 bits per heavy atom. The van der Waals surface area contributed by atoms with E-state index in [1.165, 1.54) is 12.0 Å². The van der Waals surface area contributed by atoms with Gasteiger partial charge in [-0.1, -0.05) is 22.6 Å². The van der Waals surface area contributed by atoms with Crippen LogP contribution in [0.3, 0.4) is 0 Å². The highest BCUT2D eigenvalue weighted by Crippen LogP contribution is 2.30. The molecule has 0 radical (unpaired) electrons. The molecule has 48 valence electrons. The lowest BCUT2D eigenvalue weighted by atomic mass is 10.1. The quantitative estimate of drug-likeness (QED) is 0.590. The predicted octanol–water partition coefficient (Wildman–Crippen LogP) is 2.63. The molecule has 0 amide bonds. The minimum atomic E-state index is 0.238. The minimum absolute atomic E-state index is 0.238. The van der Waals surface area contributed by atoms with Gasteiger partial charge in [-0.2, -0.15) is 5.26 Å². The summed E-state index contributed by atoms with van der Waals surface area (Å²) in [6, 6.07) is 2.29. The normalized spacial score (nSPS) is 30.7. The van der Waals surface area contributed by atoms with Gasteiger partial charge in [-0.05, 0) is 28.9 Å². The molecule has 1 unspecified atom stereocenters. The van der Waals surface area contributed by atoms with E-state index < -0.39 is 0 Å². The molecule has 1 atom stereocenters. The van der Waals surface area contributed by atoms with Gasteiger partial charge in [0.1, 0.15) is 0 Å². The molecule has 0 aliphatic heterocycles. The Hall–Kier alpha value is -0.0400. The van der Waals surface area contributed by atoms with Crippen LogP contribution < -0.4 is 0 Å². The van der Waals surface area contributed by atoms with Crippen molar-refractivity contribution in [1.82, 2.24) is 0 Å². The van der Waals surface area contributed by atoms with Gasteiger partial charge in [0, 0.05) is 0 Å². The summed E-state index contributed by atoms with van der Waals surface area (Å²) in [6.45, 7) is 0. The summed E-state index contributed by atoms with van der Waals surface area (Å²) in [5.41, 5.74) is 1.33. The van der Waals surface area contributed by atoms with Crippen molar-refractivity contribution >= 4 is 22.6 Å². The number of allylic oxidation sites excluding steroid dienone is 1. The second kappa shape index (κ2) is 3.21. The van der Waals surface area contributed by atoms with Crippen LogP contribution in [0.4, 0.5) is 0 Å². The van der Waals surface area contributed by atoms with Gasteiger partial charge in [-0.3, -0.25) is 0 Å². The Morgan fingerprint density at radius 3 is 3.00 bits per heavy atom. The van der Waals surface area contributed by atoms with Crippen LogP contribution in [0.2, 0.25) is 0 Å². The van der Waals surface area contributed by atoms with Crippen LogP contribution in [-0.4, -0.2) is 0 Å². The first kappa shape index (κ1) is 7.07. The molecule has 0 aromatic rings. The molecule has 0 spiro atoms. The van der Waals surface area contributed by atoms with Crippen molar-refractivity contribution in [3.63, 3.8) is 0 Å². The van der Waals surface area contributed by atoms with Gasteiger partial charge in [0.15, 0.2) is 0 Å². The molecule has 9 heavy (non-hydrogen) atoms. The summed E-state index contributed by atoms with van der Waals surface area (Å²) in [5, 5.41) is 8.57. The van der Waals surface area contributed by atoms with E-state index in [-0.39, 0.29) is 5.92 Å². The average molecular weight is 233 g/mol. The Kier molecular flexibility index (Phi) is 2.52. The van der Waals surface area contributed by atoms with Gasteiger partial charge in [0.25, 0.3) is 0 Å². The molecule has 1 fully saturated rings. The molecule has 2 heteroatoms. The van der Waals surface area contributed by atoms with Crippen LogP contribution in [0.5, 0.6) is 0 Å². The van der Waals surface area contributed by atoms with E-state index in [4.69, 9.17) is 5.26 Å².